The largest absolute Gasteiger partial charge is 0.212 e. The summed E-state index contributed by atoms with van der Waals surface area (Å²) in [6.07, 6.45) is 1.94. The molecule has 86 valence electrons. The van der Waals surface area contributed by atoms with Gasteiger partial charge in [-0.15, -0.1) is 0 Å². The maximum atomic E-state index is 4.54. The van der Waals surface area contributed by atoms with Crippen molar-refractivity contribution in [3.63, 3.8) is 0 Å². The van der Waals surface area contributed by atoms with E-state index in [0.717, 1.165) is 28.9 Å². The predicted molar refractivity (Wildman–Crippen MR) is 68.6 cm³/mol. The van der Waals surface area contributed by atoms with E-state index in [1.807, 2.05) is 4.52 Å². The third kappa shape index (κ3) is 2.26. The third-order valence-electron chi connectivity index (χ3n) is 2.50. The molecule has 0 atom stereocenters. The molecule has 2 heterocycles. The molecule has 4 heteroatoms. The molecule has 0 aliphatic carbocycles. The van der Waals surface area contributed by atoms with Gasteiger partial charge in [-0.2, -0.15) is 5.10 Å². The second-order valence-corrected chi connectivity index (χ2v) is 5.25. The number of nitrogens with zero attached hydrogens (tertiary/aromatic N) is 3. The Morgan fingerprint density at radius 1 is 1.38 bits per heavy atom. The number of hydrogen-bond acceptors (Lipinski definition) is 2. The summed E-state index contributed by atoms with van der Waals surface area (Å²) in [5.41, 5.74) is 2.21. The second-order valence-electron chi connectivity index (χ2n) is 4.44. The molecular formula is C12H16BrN3. The summed E-state index contributed by atoms with van der Waals surface area (Å²) in [5, 5.41) is 4.49. The average molecular weight is 282 g/mol. The highest BCUT2D eigenvalue weighted by molar-refractivity contribution is 9.10. The summed E-state index contributed by atoms with van der Waals surface area (Å²) in [5.74, 6) is 1.51. The van der Waals surface area contributed by atoms with Crippen LogP contribution in [0.4, 0.5) is 0 Å². The van der Waals surface area contributed by atoms with Gasteiger partial charge in [0.1, 0.15) is 4.60 Å². The first-order chi connectivity index (χ1) is 7.60. The summed E-state index contributed by atoms with van der Waals surface area (Å²) in [6.45, 7) is 6.50. The van der Waals surface area contributed by atoms with E-state index in [1.165, 1.54) is 5.56 Å². The zero-order valence-corrected chi connectivity index (χ0v) is 11.5. The van der Waals surface area contributed by atoms with E-state index >= 15 is 0 Å². The van der Waals surface area contributed by atoms with Crippen LogP contribution in [-0.2, 0) is 12.8 Å². The highest BCUT2D eigenvalue weighted by atomic mass is 79.9. The van der Waals surface area contributed by atoms with Gasteiger partial charge in [-0.3, -0.25) is 0 Å². The first kappa shape index (κ1) is 11.6. The SMILES string of the molecule is CCc1cc(Br)n2nc(CC(C)C)nc2c1. The molecule has 0 amide bonds. The quantitative estimate of drug-likeness (QED) is 0.809. The molecule has 2 rings (SSSR count). The summed E-state index contributed by atoms with van der Waals surface area (Å²) in [4.78, 5) is 4.54. The fourth-order valence-corrected chi connectivity index (χ4v) is 2.25. The second kappa shape index (κ2) is 4.53. The molecule has 0 unspecified atom stereocenters. The van der Waals surface area contributed by atoms with E-state index in [1.54, 1.807) is 0 Å². The standard InChI is InChI=1S/C12H16BrN3/c1-4-9-6-10(13)16-12(7-9)14-11(15-16)5-8(2)3/h6-8H,4-5H2,1-3H3. The van der Waals surface area contributed by atoms with Crippen molar-refractivity contribution in [2.24, 2.45) is 5.92 Å². The van der Waals surface area contributed by atoms with Crippen LogP contribution in [0.25, 0.3) is 5.65 Å². The molecular weight excluding hydrogens is 266 g/mol. The van der Waals surface area contributed by atoms with Gasteiger partial charge in [0.2, 0.25) is 0 Å². The van der Waals surface area contributed by atoms with Gasteiger partial charge < -0.3 is 0 Å². The van der Waals surface area contributed by atoms with Crippen LogP contribution in [0.15, 0.2) is 16.7 Å². The minimum Gasteiger partial charge on any atom is -0.212 e. The number of halogens is 1. The summed E-state index contributed by atoms with van der Waals surface area (Å²) < 4.78 is 2.83. The molecule has 0 aliphatic heterocycles. The van der Waals surface area contributed by atoms with Crippen molar-refractivity contribution < 1.29 is 0 Å². The Bertz CT molecular complexity index is 502. The molecule has 0 saturated carbocycles. The van der Waals surface area contributed by atoms with Gasteiger partial charge in [0, 0.05) is 6.42 Å². The lowest BCUT2D eigenvalue weighted by atomic mass is 10.1. The van der Waals surface area contributed by atoms with E-state index in [0.29, 0.717) is 5.92 Å². The Hall–Kier alpha value is -0.900. The predicted octanol–water partition coefficient (Wildman–Crippen LogP) is 3.25. The van der Waals surface area contributed by atoms with Crippen LogP contribution in [-0.4, -0.2) is 14.6 Å². The Morgan fingerprint density at radius 2 is 2.12 bits per heavy atom. The zero-order valence-electron chi connectivity index (χ0n) is 9.87. The van der Waals surface area contributed by atoms with Gasteiger partial charge in [0.25, 0.3) is 0 Å². The van der Waals surface area contributed by atoms with Crippen molar-refractivity contribution >= 4 is 21.6 Å². The van der Waals surface area contributed by atoms with Crippen molar-refractivity contribution in [1.29, 1.82) is 0 Å². The molecule has 0 spiro atoms. The van der Waals surface area contributed by atoms with E-state index in [2.05, 4.69) is 58.9 Å². The van der Waals surface area contributed by atoms with Crippen LogP contribution in [0, 0.1) is 5.92 Å². The van der Waals surface area contributed by atoms with E-state index in [9.17, 15) is 0 Å². The highest BCUT2D eigenvalue weighted by Gasteiger charge is 2.08. The van der Waals surface area contributed by atoms with Gasteiger partial charge >= 0.3 is 0 Å². The van der Waals surface area contributed by atoms with Gasteiger partial charge in [0.05, 0.1) is 0 Å². The van der Waals surface area contributed by atoms with Gasteiger partial charge in [-0.1, -0.05) is 20.8 Å². The van der Waals surface area contributed by atoms with Crippen LogP contribution >= 0.6 is 15.9 Å². The van der Waals surface area contributed by atoms with Crippen LogP contribution in [0.3, 0.4) is 0 Å². The smallest absolute Gasteiger partial charge is 0.157 e. The van der Waals surface area contributed by atoms with Gasteiger partial charge in [-0.25, -0.2) is 9.50 Å². The molecule has 0 radical (unpaired) electrons. The van der Waals surface area contributed by atoms with Crippen molar-refractivity contribution in [2.45, 2.75) is 33.6 Å². The lowest BCUT2D eigenvalue weighted by molar-refractivity contribution is 0.619. The number of aryl methyl sites for hydroxylation is 1. The fraction of sp³-hybridized carbons (Fsp3) is 0.500. The maximum Gasteiger partial charge on any atom is 0.157 e. The Balaban J connectivity index is 2.48. The molecule has 0 bridgehead atoms. The minimum atomic E-state index is 0.585. The van der Waals surface area contributed by atoms with Gasteiger partial charge in [0.15, 0.2) is 11.5 Å². The van der Waals surface area contributed by atoms with Crippen LogP contribution in [0.5, 0.6) is 0 Å². The van der Waals surface area contributed by atoms with Crippen LogP contribution < -0.4 is 0 Å². The van der Waals surface area contributed by atoms with Crippen molar-refractivity contribution in [1.82, 2.24) is 14.6 Å². The maximum absolute atomic E-state index is 4.54. The van der Waals surface area contributed by atoms with Crippen LogP contribution in [0.2, 0.25) is 0 Å². The molecule has 0 aliphatic rings. The van der Waals surface area contributed by atoms with E-state index < -0.39 is 0 Å². The highest BCUT2D eigenvalue weighted by Crippen LogP contribution is 2.17. The molecule has 2 aromatic rings. The number of aromatic nitrogens is 3. The fourth-order valence-electron chi connectivity index (χ4n) is 1.70. The number of hydrogen-bond donors (Lipinski definition) is 0. The van der Waals surface area contributed by atoms with Crippen LogP contribution in [0.1, 0.15) is 32.2 Å². The molecule has 0 aromatic carbocycles. The molecule has 0 N–H and O–H groups in total. The summed E-state index contributed by atoms with van der Waals surface area (Å²) in [6, 6.07) is 4.20. The Kier molecular flexibility index (Phi) is 3.28. The summed E-state index contributed by atoms with van der Waals surface area (Å²) >= 11 is 3.53. The third-order valence-corrected chi connectivity index (χ3v) is 3.06. The molecule has 2 aromatic heterocycles. The lowest BCUT2D eigenvalue weighted by Crippen LogP contribution is -1.97. The number of pyridine rings is 1. The lowest BCUT2D eigenvalue weighted by Gasteiger charge is -1.99. The van der Waals surface area contributed by atoms with Crippen molar-refractivity contribution in [2.75, 3.05) is 0 Å². The Labute approximate surface area is 104 Å². The molecule has 3 nitrogen and oxygen atoms in total. The average Bonchev–Trinajstić information content (AvgIpc) is 2.59. The first-order valence-corrected chi connectivity index (χ1v) is 6.43. The van der Waals surface area contributed by atoms with E-state index in [-0.39, 0.29) is 0 Å². The number of rotatable bonds is 3. The minimum absolute atomic E-state index is 0.585. The molecule has 0 fully saturated rings. The summed E-state index contributed by atoms with van der Waals surface area (Å²) in [7, 11) is 0. The normalized spacial score (nSPS) is 11.6. The molecule has 0 saturated heterocycles. The zero-order chi connectivity index (χ0) is 11.7. The van der Waals surface area contributed by atoms with Crippen molar-refractivity contribution in [3.8, 4) is 0 Å². The van der Waals surface area contributed by atoms with E-state index in [4.69, 9.17) is 0 Å². The monoisotopic (exact) mass is 281 g/mol. The number of fused-ring (bicyclic) bond motifs is 1. The van der Waals surface area contributed by atoms with Gasteiger partial charge in [-0.05, 0) is 46.0 Å². The first-order valence-electron chi connectivity index (χ1n) is 5.64. The topological polar surface area (TPSA) is 30.2 Å². The molecule has 16 heavy (non-hydrogen) atoms. The Morgan fingerprint density at radius 3 is 2.75 bits per heavy atom. The van der Waals surface area contributed by atoms with Crippen molar-refractivity contribution in [3.05, 3.63) is 28.1 Å².